The van der Waals surface area contributed by atoms with Crippen molar-refractivity contribution in [3.05, 3.63) is 81.7 Å². The topological polar surface area (TPSA) is 101 Å². The molecule has 0 aliphatic rings. The Bertz CT molecular complexity index is 1390. The number of amides is 1. The van der Waals surface area contributed by atoms with E-state index in [4.69, 9.17) is 15.1 Å². The van der Waals surface area contributed by atoms with Gasteiger partial charge >= 0.3 is 0 Å². The molecule has 0 unspecified atom stereocenters. The van der Waals surface area contributed by atoms with Gasteiger partial charge in [0.1, 0.15) is 11.1 Å². The van der Waals surface area contributed by atoms with E-state index in [1.807, 2.05) is 43.3 Å². The summed E-state index contributed by atoms with van der Waals surface area (Å²) >= 11 is 0. The fourth-order valence-electron chi connectivity index (χ4n) is 3.55. The fraction of sp³-hybridized carbons (Fsp3) is 0.217. The highest BCUT2D eigenvalue weighted by Crippen LogP contribution is 2.16. The Kier molecular flexibility index (Phi) is 5.64. The van der Waals surface area contributed by atoms with Gasteiger partial charge in [0.25, 0.3) is 11.5 Å². The maximum absolute atomic E-state index is 13.3. The smallest absolute Gasteiger partial charge is 0.267 e. The predicted molar refractivity (Wildman–Crippen MR) is 118 cm³/mol. The average molecular weight is 417 g/mol. The van der Waals surface area contributed by atoms with E-state index in [9.17, 15) is 9.59 Å². The standard InChI is InChI=1S/C23H23N5O3/c1-15-8-6-12-27-20(15)26-21-18(23(27)30)14-17(22(29)25-11-7-13-31-2)19(24)28(21)16-9-4-3-5-10-16/h3-6,8-10,12,14,24H,7,11,13H2,1-2H3,(H,25,29). The molecule has 0 saturated heterocycles. The molecule has 158 valence electrons. The van der Waals surface area contributed by atoms with Crippen LogP contribution in [-0.2, 0) is 4.74 Å². The number of ether oxygens (including phenoxy) is 1. The van der Waals surface area contributed by atoms with Crippen LogP contribution in [0.1, 0.15) is 22.3 Å². The number of pyridine rings is 2. The molecule has 0 spiro atoms. The van der Waals surface area contributed by atoms with Crippen molar-refractivity contribution in [3.8, 4) is 5.69 Å². The summed E-state index contributed by atoms with van der Waals surface area (Å²) in [4.78, 5) is 30.9. The molecule has 1 aromatic carbocycles. The van der Waals surface area contributed by atoms with Crippen molar-refractivity contribution in [2.45, 2.75) is 13.3 Å². The molecule has 0 aliphatic carbocycles. The number of rotatable bonds is 6. The van der Waals surface area contributed by atoms with Crippen LogP contribution in [0.2, 0.25) is 0 Å². The zero-order valence-electron chi connectivity index (χ0n) is 17.4. The number of carbonyl (C=O) groups is 1. The maximum atomic E-state index is 13.3. The van der Waals surface area contributed by atoms with Gasteiger partial charge in [-0.1, -0.05) is 24.3 Å². The summed E-state index contributed by atoms with van der Waals surface area (Å²) in [6.45, 7) is 2.81. The van der Waals surface area contributed by atoms with Gasteiger partial charge < -0.3 is 10.1 Å². The largest absolute Gasteiger partial charge is 0.385 e. The molecule has 1 amide bonds. The summed E-state index contributed by atoms with van der Waals surface area (Å²) in [5, 5.41) is 11.8. The molecule has 0 aliphatic heterocycles. The lowest BCUT2D eigenvalue weighted by Crippen LogP contribution is -2.35. The van der Waals surface area contributed by atoms with Crippen LogP contribution < -0.4 is 16.4 Å². The second kappa shape index (κ2) is 8.53. The molecule has 0 bridgehead atoms. The molecule has 31 heavy (non-hydrogen) atoms. The molecule has 0 fully saturated rings. The van der Waals surface area contributed by atoms with Crippen LogP contribution in [0.4, 0.5) is 0 Å². The third kappa shape index (κ3) is 3.73. The van der Waals surface area contributed by atoms with Crippen LogP contribution in [0.15, 0.2) is 59.5 Å². The third-order valence-corrected chi connectivity index (χ3v) is 5.11. The number of benzene rings is 1. The lowest BCUT2D eigenvalue weighted by atomic mass is 10.1. The van der Waals surface area contributed by atoms with E-state index in [1.54, 1.807) is 23.9 Å². The minimum absolute atomic E-state index is 0.0345. The Balaban J connectivity index is 2.01. The molecule has 3 heterocycles. The summed E-state index contributed by atoms with van der Waals surface area (Å²) in [5.74, 6) is -0.415. The van der Waals surface area contributed by atoms with Gasteiger partial charge in [-0.25, -0.2) is 4.98 Å². The van der Waals surface area contributed by atoms with Crippen LogP contribution in [0, 0.1) is 12.3 Å². The molecule has 8 heteroatoms. The summed E-state index contributed by atoms with van der Waals surface area (Å²) < 4.78 is 8.03. The van der Waals surface area contributed by atoms with Crippen LogP contribution in [0.3, 0.4) is 0 Å². The van der Waals surface area contributed by atoms with E-state index in [1.165, 1.54) is 10.5 Å². The first-order chi connectivity index (χ1) is 15.0. The molecule has 0 atom stereocenters. The minimum Gasteiger partial charge on any atom is -0.385 e. The van der Waals surface area contributed by atoms with Gasteiger partial charge in [-0.15, -0.1) is 0 Å². The number of aromatic nitrogens is 3. The summed E-state index contributed by atoms with van der Waals surface area (Å²) in [7, 11) is 1.60. The molecule has 0 saturated carbocycles. The van der Waals surface area contributed by atoms with Crippen LogP contribution in [-0.4, -0.2) is 40.1 Å². The Labute approximate surface area is 178 Å². The number of fused-ring (bicyclic) bond motifs is 2. The molecule has 0 radical (unpaired) electrons. The second-order valence-electron chi connectivity index (χ2n) is 7.22. The fourth-order valence-corrected chi connectivity index (χ4v) is 3.55. The molecule has 8 nitrogen and oxygen atoms in total. The van der Waals surface area contributed by atoms with E-state index in [-0.39, 0.29) is 22.0 Å². The first-order valence-corrected chi connectivity index (χ1v) is 9.98. The highest BCUT2D eigenvalue weighted by atomic mass is 16.5. The Hall–Kier alpha value is -3.78. The first-order valence-electron chi connectivity index (χ1n) is 9.98. The molecular formula is C23H23N5O3. The van der Waals surface area contributed by atoms with Crippen molar-refractivity contribution >= 4 is 22.6 Å². The maximum Gasteiger partial charge on any atom is 0.267 e. The number of nitrogens with one attached hydrogen (secondary N) is 2. The van der Waals surface area contributed by atoms with Gasteiger partial charge in [0, 0.05) is 32.1 Å². The zero-order valence-corrected chi connectivity index (χ0v) is 17.4. The number of methoxy groups -OCH3 is 1. The van der Waals surface area contributed by atoms with E-state index in [0.717, 1.165) is 5.56 Å². The Morgan fingerprint density at radius 2 is 1.94 bits per heavy atom. The zero-order chi connectivity index (χ0) is 22.0. The Morgan fingerprint density at radius 3 is 2.68 bits per heavy atom. The monoisotopic (exact) mass is 417 g/mol. The number of aryl methyl sites for hydroxylation is 1. The van der Waals surface area contributed by atoms with Gasteiger partial charge in [0.2, 0.25) is 0 Å². The van der Waals surface area contributed by atoms with Gasteiger partial charge in [-0.3, -0.25) is 24.0 Å². The predicted octanol–water partition coefficient (Wildman–Crippen LogP) is 2.19. The number of nitrogens with zero attached hydrogens (tertiary/aromatic N) is 3. The second-order valence-corrected chi connectivity index (χ2v) is 7.22. The molecule has 4 aromatic rings. The quantitative estimate of drug-likeness (QED) is 0.371. The summed E-state index contributed by atoms with van der Waals surface area (Å²) in [5.41, 5.74) is 2.13. The molecule has 3 aromatic heterocycles. The van der Waals surface area contributed by atoms with E-state index in [0.29, 0.717) is 36.6 Å². The number of carbonyl (C=O) groups excluding carboxylic acids is 1. The van der Waals surface area contributed by atoms with E-state index < -0.39 is 5.91 Å². The van der Waals surface area contributed by atoms with Gasteiger partial charge in [0.15, 0.2) is 5.65 Å². The normalized spacial score (nSPS) is 11.2. The molecule has 2 N–H and O–H groups in total. The van der Waals surface area contributed by atoms with Gasteiger partial charge in [0.05, 0.1) is 10.9 Å². The number of hydrogen-bond donors (Lipinski definition) is 2. The highest BCUT2D eigenvalue weighted by molar-refractivity contribution is 5.97. The van der Waals surface area contributed by atoms with Crippen molar-refractivity contribution in [2.24, 2.45) is 0 Å². The van der Waals surface area contributed by atoms with Crippen LogP contribution in [0.5, 0.6) is 0 Å². The average Bonchev–Trinajstić information content (AvgIpc) is 2.78. The lowest BCUT2D eigenvalue weighted by molar-refractivity contribution is 0.0946. The first kappa shape index (κ1) is 20.5. The third-order valence-electron chi connectivity index (χ3n) is 5.11. The van der Waals surface area contributed by atoms with Crippen molar-refractivity contribution in [1.29, 1.82) is 5.41 Å². The summed E-state index contributed by atoms with van der Waals surface area (Å²) in [6, 6.07) is 14.3. The molecule has 4 rings (SSSR count). The van der Waals surface area contributed by atoms with Crippen molar-refractivity contribution in [1.82, 2.24) is 19.3 Å². The SMILES string of the molecule is COCCCNC(=O)c1cc2c(=O)n3cccc(C)c3nc2n(-c2ccccc2)c1=N. The van der Waals surface area contributed by atoms with E-state index in [2.05, 4.69) is 5.32 Å². The highest BCUT2D eigenvalue weighted by Gasteiger charge is 2.18. The van der Waals surface area contributed by atoms with Crippen molar-refractivity contribution < 1.29 is 9.53 Å². The van der Waals surface area contributed by atoms with Crippen molar-refractivity contribution in [3.63, 3.8) is 0 Å². The van der Waals surface area contributed by atoms with Crippen LogP contribution >= 0.6 is 0 Å². The van der Waals surface area contributed by atoms with Gasteiger partial charge in [-0.05, 0) is 43.2 Å². The Morgan fingerprint density at radius 1 is 1.16 bits per heavy atom. The van der Waals surface area contributed by atoms with E-state index >= 15 is 0 Å². The lowest BCUT2D eigenvalue weighted by Gasteiger charge is -2.15. The molecular weight excluding hydrogens is 394 g/mol. The summed E-state index contributed by atoms with van der Waals surface area (Å²) in [6.07, 6.45) is 2.30. The van der Waals surface area contributed by atoms with Crippen LogP contribution in [0.25, 0.3) is 22.4 Å². The van der Waals surface area contributed by atoms with Crippen molar-refractivity contribution in [2.75, 3.05) is 20.3 Å². The minimum atomic E-state index is -0.415. The van der Waals surface area contributed by atoms with Gasteiger partial charge in [-0.2, -0.15) is 0 Å². The number of hydrogen-bond acceptors (Lipinski definition) is 5. The number of para-hydroxylation sites is 1.